The van der Waals surface area contributed by atoms with E-state index in [0.29, 0.717) is 25.3 Å². The molecule has 9 nitrogen and oxygen atoms in total. The fourth-order valence-corrected chi connectivity index (χ4v) is 3.48. The molecule has 1 atom stereocenters. The Balaban J connectivity index is 1.55. The number of anilines is 2. The van der Waals surface area contributed by atoms with Crippen LogP contribution in [0, 0.1) is 23.0 Å². The standard InChI is InChI=1S/C21H25N5O4/c1-14-4-7-17(8-5-14)24-21(28)23-12-15-3-2-10-25(13-15)20(27)16-6-9-18(22)19(11-16)26(29)30/h4-9,11,15H,2-3,10,12-13,22H2,1H3,(H2,23,24,28). The summed E-state index contributed by atoms with van der Waals surface area (Å²) in [6.07, 6.45) is 1.69. The normalized spacial score (nSPS) is 16.0. The Morgan fingerprint density at radius 3 is 2.67 bits per heavy atom. The third-order valence-corrected chi connectivity index (χ3v) is 5.14. The molecule has 9 heteroatoms. The van der Waals surface area contributed by atoms with Gasteiger partial charge in [0, 0.05) is 37.0 Å². The van der Waals surface area contributed by atoms with Crippen LogP contribution in [-0.4, -0.2) is 41.4 Å². The van der Waals surface area contributed by atoms with E-state index in [0.717, 1.165) is 18.4 Å². The van der Waals surface area contributed by atoms with Crippen LogP contribution >= 0.6 is 0 Å². The summed E-state index contributed by atoms with van der Waals surface area (Å²) in [6, 6.07) is 11.3. The number of piperidine rings is 1. The van der Waals surface area contributed by atoms with Gasteiger partial charge in [-0.05, 0) is 49.9 Å². The molecule has 1 aliphatic heterocycles. The Hall–Kier alpha value is -3.62. The lowest BCUT2D eigenvalue weighted by atomic mass is 9.97. The van der Waals surface area contributed by atoms with Crippen LogP contribution in [0.25, 0.3) is 0 Å². The third-order valence-electron chi connectivity index (χ3n) is 5.14. The highest BCUT2D eigenvalue weighted by molar-refractivity contribution is 5.95. The predicted molar refractivity (Wildman–Crippen MR) is 114 cm³/mol. The molecule has 1 fully saturated rings. The number of aryl methyl sites for hydroxylation is 1. The topological polar surface area (TPSA) is 131 Å². The van der Waals surface area contributed by atoms with Crippen molar-refractivity contribution < 1.29 is 14.5 Å². The number of nitro benzene ring substituents is 1. The number of hydrogen-bond donors (Lipinski definition) is 3. The van der Waals surface area contributed by atoms with Crippen LogP contribution < -0.4 is 16.4 Å². The number of carbonyl (C=O) groups excluding carboxylic acids is 2. The van der Waals surface area contributed by atoms with Crippen LogP contribution in [0.3, 0.4) is 0 Å². The van der Waals surface area contributed by atoms with E-state index in [9.17, 15) is 19.7 Å². The zero-order valence-electron chi connectivity index (χ0n) is 16.8. The van der Waals surface area contributed by atoms with E-state index < -0.39 is 4.92 Å². The van der Waals surface area contributed by atoms with Crippen LogP contribution in [-0.2, 0) is 0 Å². The number of likely N-dealkylation sites (tertiary alicyclic amines) is 1. The molecule has 1 saturated heterocycles. The number of benzene rings is 2. The number of rotatable bonds is 5. The van der Waals surface area contributed by atoms with E-state index in [1.54, 1.807) is 4.90 Å². The monoisotopic (exact) mass is 411 g/mol. The maximum absolute atomic E-state index is 12.8. The van der Waals surface area contributed by atoms with E-state index in [4.69, 9.17) is 5.73 Å². The fourth-order valence-electron chi connectivity index (χ4n) is 3.48. The van der Waals surface area contributed by atoms with Gasteiger partial charge in [0.05, 0.1) is 4.92 Å². The van der Waals surface area contributed by atoms with Crippen molar-refractivity contribution >= 4 is 29.0 Å². The molecule has 0 spiro atoms. The van der Waals surface area contributed by atoms with Gasteiger partial charge in [0.1, 0.15) is 5.69 Å². The van der Waals surface area contributed by atoms with Crippen molar-refractivity contribution in [1.29, 1.82) is 0 Å². The van der Waals surface area contributed by atoms with Crippen molar-refractivity contribution in [2.45, 2.75) is 19.8 Å². The maximum atomic E-state index is 12.8. The second-order valence-corrected chi connectivity index (χ2v) is 7.49. The molecule has 1 unspecified atom stereocenters. The van der Waals surface area contributed by atoms with E-state index in [1.807, 2.05) is 31.2 Å². The Kier molecular flexibility index (Phi) is 6.51. The van der Waals surface area contributed by atoms with Crippen molar-refractivity contribution in [3.8, 4) is 0 Å². The number of nitrogen functional groups attached to an aromatic ring is 1. The first-order chi connectivity index (χ1) is 14.3. The van der Waals surface area contributed by atoms with Crippen molar-refractivity contribution in [2.24, 2.45) is 5.92 Å². The number of nitrogens with one attached hydrogen (secondary N) is 2. The molecule has 0 radical (unpaired) electrons. The van der Waals surface area contributed by atoms with Gasteiger partial charge >= 0.3 is 6.03 Å². The average Bonchev–Trinajstić information content (AvgIpc) is 2.74. The van der Waals surface area contributed by atoms with Gasteiger partial charge in [0.2, 0.25) is 0 Å². The predicted octanol–water partition coefficient (Wildman–Crippen LogP) is 3.16. The van der Waals surface area contributed by atoms with Crippen molar-refractivity contribution in [3.05, 3.63) is 63.7 Å². The summed E-state index contributed by atoms with van der Waals surface area (Å²) in [5.41, 5.74) is 7.42. The molecule has 0 saturated carbocycles. The van der Waals surface area contributed by atoms with E-state index in [-0.39, 0.29) is 34.8 Å². The maximum Gasteiger partial charge on any atom is 0.319 e. The van der Waals surface area contributed by atoms with Crippen molar-refractivity contribution in [1.82, 2.24) is 10.2 Å². The minimum atomic E-state index is -0.596. The van der Waals surface area contributed by atoms with Gasteiger partial charge in [-0.15, -0.1) is 0 Å². The second kappa shape index (κ2) is 9.25. The second-order valence-electron chi connectivity index (χ2n) is 7.49. The summed E-state index contributed by atoms with van der Waals surface area (Å²) >= 11 is 0. The average molecular weight is 411 g/mol. The van der Waals surface area contributed by atoms with Crippen LogP contribution in [0.15, 0.2) is 42.5 Å². The zero-order valence-corrected chi connectivity index (χ0v) is 16.8. The number of nitrogens with zero attached hydrogens (tertiary/aromatic N) is 2. The Morgan fingerprint density at radius 1 is 1.23 bits per heavy atom. The molecule has 158 valence electrons. The third kappa shape index (κ3) is 5.25. The SMILES string of the molecule is Cc1ccc(NC(=O)NCC2CCCN(C(=O)c3ccc(N)c([N+](=O)[O-])c3)C2)cc1. The minimum absolute atomic E-state index is 0.0249. The van der Waals surface area contributed by atoms with Gasteiger partial charge in [0.25, 0.3) is 11.6 Å². The summed E-state index contributed by atoms with van der Waals surface area (Å²) < 4.78 is 0. The number of hydrogen-bond acceptors (Lipinski definition) is 5. The Labute approximate surface area is 174 Å². The lowest BCUT2D eigenvalue weighted by Crippen LogP contribution is -2.44. The molecule has 4 N–H and O–H groups in total. The van der Waals surface area contributed by atoms with Crippen LogP contribution in [0.1, 0.15) is 28.8 Å². The molecule has 2 aromatic carbocycles. The largest absolute Gasteiger partial charge is 0.393 e. The highest BCUT2D eigenvalue weighted by Crippen LogP contribution is 2.25. The molecule has 3 rings (SSSR count). The number of urea groups is 1. The highest BCUT2D eigenvalue weighted by atomic mass is 16.6. The van der Waals surface area contributed by atoms with E-state index >= 15 is 0 Å². The Morgan fingerprint density at radius 2 is 1.97 bits per heavy atom. The number of amides is 3. The number of nitro groups is 1. The van der Waals surface area contributed by atoms with Gasteiger partial charge in [-0.3, -0.25) is 14.9 Å². The molecular formula is C21H25N5O4. The summed E-state index contributed by atoms with van der Waals surface area (Å²) in [4.78, 5) is 37.1. The quantitative estimate of drug-likeness (QED) is 0.395. The number of carbonyl (C=O) groups is 2. The van der Waals surface area contributed by atoms with Gasteiger partial charge in [0.15, 0.2) is 0 Å². The molecule has 2 aromatic rings. The molecule has 1 aliphatic rings. The molecular weight excluding hydrogens is 386 g/mol. The Bertz CT molecular complexity index is 945. The summed E-state index contributed by atoms with van der Waals surface area (Å²) in [5.74, 6) is -0.165. The van der Waals surface area contributed by atoms with Crippen LogP contribution in [0.4, 0.5) is 21.9 Å². The molecule has 0 aliphatic carbocycles. The lowest BCUT2D eigenvalue weighted by Gasteiger charge is -2.33. The van der Waals surface area contributed by atoms with Crippen LogP contribution in [0.5, 0.6) is 0 Å². The zero-order chi connectivity index (χ0) is 21.7. The van der Waals surface area contributed by atoms with Gasteiger partial charge in [-0.1, -0.05) is 17.7 Å². The number of nitrogens with two attached hydrogens (primary N) is 1. The lowest BCUT2D eigenvalue weighted by molar-refractivity contribution is -0.383. The molecule has 0 aromatic heterocycles. The van der Waals surface area contributed by atoms with E-state index in [1.165, 1.54) is 18.2 Å². The summed E-state index contributed by atoms with van der Waals surface area (Å²) in [5, 5.41) is 16.7. The van der Waals surface area contributed by atoms with E-state index in [2.05, 4.69) is 10.6 Å². The van der Waals surface area contributed by atoms with Crippen molar-refractivity contribution in [3.63, 3.8) is 0 Å². The molecule has 30 heavy (non-hydrogen) atoms. The first kappa shape index (κ1) is 21.1. The van der Waals surface area contributed by atoms with Gasteiger partial charge in [-0.25, -0.2) is 4.79 Å². The van der Waals surface area contributed by atoms with Gasteiger partial charge < -0.3 is 21.3 Å². The minimum Gasteiger partial charge on any atom is -0.393 e. The van der Waals surface area contributed by atoms with Crippen molar-refractivity contribution in [2.75, 3.05) is 30.7 Å². The molecule has 1 heterocycles. The molecule has 3 amide bonds. The van der Waals surface area contributed by atoms with Gasteiger partial charge in [-0.2, -0.15) is 0 Å². The molecule has 0 bridgehead atoms. The smallest absolute Gasteiger partial charge is 0.319 e. The first-order valence-electron chi connectivity index (χ1n) is 9.78. The highest BCUT2D eigenvalue weighted by Gasteiger charge is 2.26. The van der Waals surface area contributed by atoms with Crippen LogP contribution in [0.2, 0.25) is 0 Å². The first-order valence-corrected chi connectivity index (χ1v) is 9.78. The fraction of sp³-hybridized carbons (Fsp3) is 0.333. The summed E-state index contributed by atoms with van der Waals surface area (Å²) in [7, 11) is 0. The summed E-state index contributed by atoms with van der Waals surface area (Å²) in [6.45, 7) is 3.46.